The first-order valence-corrected chi connectivity index (χ1v) is 6.29. The third-order valence-corrected chi connectivity index (χ3v) is 3.74. The van der Waals surface area contributed by atoms with E-state index in [2.05, 4.69) is 25.2 Å². The van der Waals surface area contributed by atoms with Crippen molar-refractivity contribution in [3.8, 4) is 6.07 Å². The number of aromatic nitrogens is 1. The van der Waals surface area contributed by atoms with Gasteiger partial charge in [-0.1, -0.05) is 13.8 Å². The summed E-state index contributed by atoms with van der Waals surface area (Å²) in [6.07, 6.45) is 5.87. The van der Waals surface area contributed by atoms with Crippen molar-refractivity contribution in [2.45, 2.75) is 45.7 Å². The molecule has 1 heterocycles. The fourth-order valence-corrected chi connectivity index (χ4v) is 2.71. The van der Waals surface area contributed by atoms with Crippen LogP contribution in [0.25, 0.3) is 0 Å². The molecule has 0 aliphatic heterocycles. The molecule has 0 amide bonds. The molecule has 1 fully saturated rings. The minimum atomic E-state index is 0.492. The van der Waals surface area contributed by atoms with Gasteiger partial charge in [-0.15, -0.1) is 0 Å². The lowest BCUT2D eigenvalue weighted by molar-refractivity contribution is 0.364. The van der Waals surface area contributed by atoms with E-state index in [-0.39, 0.29) is 0 Å². The summed E-state index contributed by atoms with van der Waals surface area (Å²) in [5.41, 5.74) is 2.42. The van der Waals surface area contributed by atoms with E-state index >= 15 is 0 Å². The Bertz CT molecular complexity index is 437. The highest BCUT2D eigenvalue weighted by Crippen LogP contribution is 2.36. The highest BCUT2D eigenvalue weighted by Gasteiger charge is 2.30. The van der Waals surface area contributed by atoms with Crippen LogP contribution in [0, 0.1) is 16.7 Å². The largest absolute Gasteiger partial charge is 0.342 e. The molecule has 1 N–H and O–H groups in total. The van der Waals surface area contributed by atoms with Gasteiger partial charge in [-0.3, -0.25) is 0 Å². The topological polar surface area (TPSA) is 40.8 Å². The minimum absolute atomic E-state index is 0.492. The molecule has 1 saturated carbocycles. The van der Waals surface area contributed by atoms with Crippen LogP contribution in [-0.4, -0.2) is 10.6 Å². The predicted octanol–water partition coefficient (Wildman–Crippen LogP) is 2.57. The Hall–Kier alpha value is -1.27. The molecule has 1 aliphatic rings. The first kappa shape index (κ1) is 12.2. The highest BCUT2D eigenvalue weighted by atomic mass is 15.0. The van der Waals surface area contributed by atoms with Crippen LogP contribution in [0.1, 0.15) is 44.4 Å². The van der Waals surface area contributed by atoms with Crippen molar-refractivity contribution in [2.24, 2.45) is 12.5 Å². The number of nitrogens with one attached hydrogen (secondary N) is 1. The normalized spacial score (nSPS) is 22.6. The van der Waals surface area contributed by atoms with Crippen LogP contribution >= 0.6 is 0 Å². The predicted molar refractivity (Wildman–Crippen MR) is 68.4 cm³/mol. The second kappa shape index (κ2) is 4.54. The monoisotopic (exact) mass is 231 g/mol. The Labute approximate surface area is 103 Å². The molecule has 1 aliphatic carbocycles. The summed E-state index contributed by atoms with van der Waals surface area (Å²) in [7, 11) is 1.92. The molecule has 1 atom stereocenters. The highest BCUT2D eigenvalue weighted by molar-refractivity contribution is 5.28. The summed E-state index contributed by atoms with van der Waals surface area (Å²) in [4.78, 5) is 0. The van der Waals surface area contributed by atoms with Gasteiger partial charge in [-0.05, 0) is 36.3 Å². The zero-order valence-electron chi connectivity index (χ0n) is 11.0. The van der Waals surface area contributed by atoms with E-state index in [9.17, 15) is 0 Å². The summed E-state index contributed by atoms with van der Waals surface area (Å²) in [6.45, 7) is 5.55. The third-order valence-electron chi connectivity index (χ3n) is 3.74. The quantitative estimate of drug-likeness (QED) is 0.868. The number of nitriles is 1. The van der Waals surface area contributed by atoms with E-state index < -0.39 is 0 Å². The fourth-order valence-electron chi connectivity index (χ4n) is 2.71. The van der Waals surface area contributed by atoms with Crippen molar-refractivity contribution in [1.82, 2.24) is 9.88 Å². The van der Waals surface area contributed by atoms with Crippen LogP contribution in [0.2, 0.25) is 0 Å². The molecular formula is C14H21N3. The molecular weight excluding hydrogens is 210 g/mol. The first-order chi connectivity index (χ1) is 8.00. The van der Waals surface area contributed by atoms with E-state index in [0.717, 1.165) is 12.2 Å². The number of rotatable bonds is 3. The summed E-state index contributed by atoms with van der Waals surface area (Å²) in [5, 5.41) is 12.5. The van der Waals surface area contributed by atoms with Gasteiger partial charge in [0.15, 0.2) is 0 Å². The Balaban J connectivity index is 1.88. The third kappa shape index (κ3) is 2.89. The van der Waals surface area contributed by atoms with Crippen molar-refractivity contribution in [3.05, 3.63) is 23.5 Å². The molecule has 3 heteroatoms. The van der Waals surface area contributed by atoms with Crippen molar-refractivity contribution in [1.29, 1.82) is 5.26 Å². The average molecular weight is 231 g/mol. The summed E-state index contributed by atoms with van der Waals surface area (Å²) >= 11 is 0. The Kier molecular flexibility index (Phi) is 3.26. The van der Waals surface area contributed by atoms with E-state index in [1.165, 1.54) is 24.8 Å². The summed E-state index contributed by atoms with van der Waals surface area (Å²) < 4.78 is 1.88. The van der Waals surface area contributed by atoms with Gasteiger partial charge in [0.25, 0.3) is 0 Å². The van der Waals surface area contributed by atoms with Crippen molar-refractivity contribution in [3.63, 3.8) is 0 Å². The molecule has 92 valence electrons. The number of aryl methyl sites for hydroxylation is 1. The number of hydrogen-bond acceptors (Lipinski definition) is 2. The maximum Gasteiger partial charge on any atom is 0.120 e. The maximum atomic E-state index is 8.89. The second-order valence-corrected chi connectivity index (χ2v) is 5.94. The summed E-state index contributed by atoms with van der Waals surface area (Å²) in [6, 6.07) is 4.79. The van der Waals surface area contributed by atoms with Gasteiger partial charge in [0.2, 0.25) is 0 Å². The fraction of sp³-hybridized carbons (Fsp3) is 0.643. The molecule has 0 spiro atoms. The van der Waals surface area contributed by atoms with Crippen LogP contribution in [-0.2, 0) is 13.6 Å². The molecule has 1 aromatic heterocycles. The molecule has 0 bridgehead atoms. The zero-order valence-corrected chi connectivity index (χ0v) is 11.0. The van der Waals surface area contributed by atoms with Crippen molar-refractivity contribution in [2.75, 3.05) is 0 Å². The molecule has 2 rings (SSSR count). The average Bonchev–Trinajstić information content (AvgIpc) is 2.78. The van der Waals surface area contributed by atoms with Gasteiger partial charge in [0, 0.05) is 25.8 Å². The Morgan fingerprint density at radius 3 is 2.88 bits per heavy atom. The maximum absolute atomic E-state index is 8.89. The SMILES string of the molecule is Cn1cc(CNC2CCC(C)(C)C2)cc1C#N. The van der Waals surface area contributed by atoms with Crippen LogP contribution in [0.3, 0.4) is 0 Å². The molecule has 0 aromatic carbocycles. The van der Waals surface area contributed by atoms with Gasteiger partial charge in [-0.25, -0.2) is 0 Å². The van der Waals surface area contributed by atoms with Gasteiger partial charge >= 0.3 is 0 Å². The van der Waals surface area contributed by atoms with Crippen LogP contribution in [0.5, 0.6) is 0 Å². The van der Waals surface area contributed by atoms with E-state index in [4.69, 9.17) is 5.26 Å². The lowest BCUT2D eigenvalue weighted by atomic mass is 9.92. The zero-order chi connectivity index (χ0) is 12.5. The minimum Gasteiger partial charge on any atom is -0.342 e. The Morgan fingerprint density at radius 2 is 2.35 bits per heavy atom. The van der Waals surface area contributed by atoms with Gasteiger partial charge in [0.1, 0.15) is 11.8 Å². The van der Waals surface area contributed by atoms with Gasteiger partial charge in [-0.2, -0.15) is 5.26 Å². The van der Waals surface area contributed by atoms with Crippen molar-refractivity contribution < 1.29 is 0 Å². The van der Waals surface area contributed by atoms with Gasteiger partial charge in [0.05, 0.1) is 0 Å². The lowest BCUT2D eigenvalue weighted by Crippen LogP contribution is -2.26. The molecule has 3 nitrogen and oxygen atoms in total. The molecule has 0 radical (unpaired) electrons. The van der Waals surface area contributed by atoms with Crippen LogP contribution in [0.15, 0.2) is 12.3 Å². The smallest absolute Gasteiger partial charge is 0.120 e. The van der Waals surface area contributed by atoms with E-state index in [0.29, 0.717) is 11.5 Å². The van der Waals surface area contributed by atoms with Crippen LogP contribution < -0.4 is 5.32 Å². The molecule has 1 unspecified atom stereocenters. The first-order valence-electron chi connectivity index (χ1n) is 6.29. The lowest BCUT2D eigenvalue weighted by Gasteiger charge is -2.17. The Morgan fingerprint density at radius 1 is 1.59 bits per heavy atom. The van der Waals surface area contributed by atoms with Crippen LogP contribution in [0.4, 0.5) is 0 Å². The van der Waals surface area contributed by atoms with E-state index in [1.54, 1.807) is 0 Å². The molecule has 0 saturated heterocycles. The molecule has 17 heavy (non-hydrogen) atoms. The number of hydrogen-bond donors (Lipinski definition) is 1. The number of nitrogens with zero attached hydrogens (tertiary/aromatic N) is 2. The standard InChI is InChI=1S/C14H21N3/c1-14(2)5-4-12(7-14)16-9-11-6-13(8-15)17(3)10-11/h6,10,12,16H,4-5,7,9H2,1-3H3. The molecule has 1 aromatic rings. The summed E-state index contributed by atoms with van der Waals surface area (Å²) in [5.74, 6) is 0. The van der Waals surface area contributed by atoms with Gasteiger partial charge < -0.3 is 9.88 Å². The second-order valence-electron chi connectivity index (χ2n) is 5.94. The van der Waals surface area contributed by atoms with Crippen molar-refractivity contribution >= 4 is 0 Å². The van der Waals surface area contributed by atoms with E-state index in [1.807, 2.05) is 23.9 Å².